The summed E-state index contributed by atoms with van der Waals surface area (Å²) in [6.45, 7) is 4.33. The van der Waals surface area contributed by atoms with Gasteiger partial charge in [-0.15, -0.1) is 0 Å². The Hall–Kier alpha value is -2.68. The maximum absolute atomic E-state index is 11.6. The molecule has 3 aliphatic rings. The number of aliphatic hydroxyl groups is 4. The van der Waals surface area contributed by atoms with Gasteiger partial charge in [0.2, 0.25) is 11.7 Å². The second kappa shape index (κ2) is 13.1. The number of aryl methyl sites for hydroxylation is 1. The van der Waals surface area contributed by atoms with E-state index >= 15 is 0 Å². The first kappa shape index (κ1) is 31.7. The molecule has 0 aliphatic carbocycles. The number of aliphatic carboxylic acids is 1. The highest BCUT2D eigenvalue weighted by Crippen LogP contribution is 2.44. The molecular weight excluding hydrogens is 605 g/mol. The number of halogens is 2. The minimum Gasteiger partial charge on any atom is -0.494 e. The Balaban J connectivity index is 1.12. The average molecular weight is 641 g/mol. The molecule has 2 saturated heterocycles. The number of carbonyl (C=O) groups is 2. The number of carboxylic acids is 1. The first-order valence-corrected chi connectivity index (χ1v) is 14.9. The molecule has 0 bridgehead atoms. The molecule has 5 rings (SSSR count). The lowest BCUT2D eigenvalue weighted by Crippen LogP contribution is -2.64. The number of ether oxygens (including phenoxy) is 2. The number of unbranched alkanes of at least 4 members (excludes halogenated alkanes) is 1. The van der Waals surface area contributed by atoms with Crippen molar-refractivity contribution in [2.75, 3.05) is 49.5 Å². The minimum atomic E-state index is -2.72. The molecule has 1 amide bonds. The van der Waals surface area contributed by atoms with Crippen LogP contribution in [-0.4, -0.2) is 106 Å². The van der Waals surface area contributed by atoms with E-state index in [-0.39, 0.29) is 21.5 Å². The van der Waals surface area contributed by atoms with Gasteiger partial charge in [0.25, 0.3) is 0 Å². The Kier molecular flexibility index (Phi) is 9.69. The number of anilines is 2. The van der Waals surface area contributed by atoms with Crippen molar-refractivity contribution in [2.45, 2.75) is 55.9 Å². The molecule has 2 aromatic rings. The number of fused-ring (bicyclic) bond motifs is 1. The molecule has 12 nitrogen and oxygen atoms in total. The summed E-state index contributed by atoms with van der Waals surface area (Å²) in [5.74, 6) is -3.59. The number of nitrogens with one attached hydrogen (secondary N) is 1. The van der Waals surface area contributed by atoms with Crippen molar-refractivity contribution >= 4 is 46.5 Å². The quantitative estimate of drug-likeness (QED) is 0.220. The van der Waals surface area contributed by atoms with E-state index in [9.17, 15) is 35.1 Å². The minimum absolute atomic E-state index is 0.0255. The van der Waals surface area contributed by atoms with Crippen molar-refractivity contribution in [1.82, 2.24) is 4.90 Å². The number of amides is 1. The van der Waals surface area contributed by atoms with Gasteiger partial charge < -0.3 is 45.2 Å². The van der Waals surface area contributed by atoms with Crippen molar-refractivity contribution in [3.05, 3.63) is 51.5 Å². The van der Waals surface area contributed by atoms with Gasteiger partial charge in [-0.2, -0.15) is 0 Å². The highest BCUT2D eigenvalue weighted by Gasteiger charge is 2.56. The molecular formula is C29H35Cl2N3O9. The number of benzene rings is 2. The number of carbonyl (C=O) groups excluding carboxylic acids is 1. The monoisotopic (exact) mass is 639 g/mol. The van der Waals surface area contributed by atoms with E-state index in [4.69, 9.17) is 32.7 Å². The Morgan fingerprint density at radius 2 is 1.77 bits per heavy atom. The summed E-state index contributed by atoms with van der Waals surface area (Å²) < 4.78 is 11.1. The number of hydrogen-bond acceptors (Lipinski definition) is 10. The number of aliphatic hydroxyl groups excluding tert-OH is 3. The van der Waals surface area contributed by atoms with Crippen LogP contribution in [0.25, 0.3) is 0 Å². The Morgan fingerprint density at radius 1 is 1.02 bits per heavy atom. The molecule has 2 aromatic carbocycles. The van der Waals surface area contributed by atoms with E-state index in [1.165, 1.54) is 6.07 Å². The first-order valence-electron chi connectivity index (χ1n) is 14.2. The smallest absolute Gasteiger partial charge is 0.335 e. The second-order valence-corrected chi connectivity index (χ2v) is 11.8. The summed E-state index contributed by atoms with van der Waals surface area (Å²) in [6.07, 6.45) is -5.01. The molecule has 6 N–H and O–H groups in total. The van der Waals surface area contributed by atoms with Crippen LogP contribution in [0.4, 0.5) is 11.4 Å². The number of nitrogens with zero attached hydrogens (tertiary/aromatic N) is 2. The zero-order valence-corrected chi connectivity index (χ0v) is 24.8. The molecule has 3 heterocycles. The van der Waals surface area contributed by atoms with Gasteiger partial charge in [0, 0.05) is 49.9 Å². The van der Waals surface area contributed by atoms with Gasteiger partial charge in [-0.1, -0.05) is 29.3 Å². The molecule has 14 heteroatoms. The fourth-order valence-corrected chi connectivity index (χ4v) is 6.27. The van der Waals surface area contributed by atoms with Crippen LogP contribution in [0.15, 0.2) is 30.3 Å². The van der Waals surface area contributed by atoms with Gasteiger partial charge >= 0.3 is 5.97 Å². The molecule has 234 valence electrons. The Morgan fingerprint density at radius 3 is 2.49 bits per heavy atom. The maximum atomic E-state index is 11.6. The van der Waals surface area contributed by atoms with Crippen molar-refractivity contribution < 1.29 is 44.6 Å². The van der Waals surface area contributed by atoms with Gasteiger partial charge in [-0.3, -0.25) is 9.69 Å². The van der Waals surface area contributed by atoms with Gasteiger partial charge in [0.05, 0.1) is 22.3 Å². The second-order valence-electron chi connectivity index (χ2n) is 11.0. The number of rotatable bonds is 9. The van der Waals surface area contributed by atoms with E-state index in [0.717, 1.165) is 55.9 Å². The lowest BCUT2D eigenvalue weighted by molar-refractivity contribution is -0.349. The summed E-state index contributed by atoms with van der Waals surface area (Å²) in [7, 11) is 0. The third kappa shape index (κ3) is 6.57. The molecule has 2 fully saturated rings. The van der Waals surface area contributed by atoms with Crippen molar-refractivity contribution in [3.63, 3.8) is 0 Å². The normalized spacial score (nSPS) is 27.9. The lowest BCUT2D eigenvalue weighted by atomic mass is 9.88. The summed E-state index contributed by atoms with van der Waals surface area (Å²) >= 11 is 13.1. The highest BCUT2D eigenvalue weighted by molar-refractivity contribution is 6.44. The van der Waals surface area contributed by atoms with Crippen LogP contribution in [-0.2, 0) is 26.5 Å². The third-order valence-electron chi connectivity index (χ3n) is 8.21. The number of carboxylic acid groups (broad SMARTS) is 1. The zero-order chi connectivity index (χ0) is 30.9. The Labute approximate surface area is 258 Å². The van der Waals surface area contributed by atoms with Crippen molar-refractivity contribution in [3.8, 4) is 5.75 Å². The summed E-state index contributed by atoms with van der Waals surface area (Å²) in [5, 5.41) is 53.9. The van der Waals surface area contributed by atoms with Crippen LogP contribution in [0.2, 0.25) is 10.0 Å². The first-order chi connectivity index (χ1) is 20.5. The summed E-state index contributed by atoms with van der Waals surface area (Å²) in [4.78, 5) is 27.5. The maximum Gasteiger partial charge on any atom is 0.335 e. The summed E-state index contributed by atoms with van der Waals surface area (Å²) in [6, 6.07) is 8.75. The lowest BCUT2D eigenvalue weighted by Gasteiger charge is -2.45. The van der Waals surface area contributed by atoms with Crippen LogP contribution in [0, 0.1) is 0 Å². The Bertz CT molecular complexity index is 1360. The SMILES string of the molecule is O=C1CCc2ccc(OCCCCN3CCN(c4ccc([C@]5(O)O[C@H](C(=O)O)[C@@H](O)[C@H](O)[C@H]5O)c(Cl)c4Cl)CC3)cc2N1. The largest absolute Gasteiger partial charge is 0.494 e. The van der Waals surface area contributed by atoms with Crippen LogP contribution in [0.3, 0.4) is 0 Å². The van der Waals surface area contributed by atoms with Crippen LogP contribution >= 0.6 is 23.2 Å². The van der Waals surface area contributed by atoms with E-state index in [2.05, 4.69) is 10.2 Å². The van der Waals surface area contributed by atoms with Crippen LogP contribution in [0.1, 0.15) is 30.4 Å². The third-order valence-corrected chi connectivity index (χ3v) is 9.08. The van der Waals surface area contributed by atoms with Crippen LogP contribution < -0.4 is 15.0 Å². The van der Waals surface area contributed by atoms with Gasteiger partial charge in [-0.05, 0) is 49.6 Å². The predicted octanol–water partition coefficient (Wildman–Crippen LogP) is 1.57. The molecule has 43 heavy (non-hydrogen) atoms. The summed E-state index contributed by atoms with van der Waals surface area (Å²) in [5.41, 5.74) is 2.31. The van der Waals surface area contributed by atoms with Gasteiger partial charge in [-0.25, -0.2) is 4.79 Å². The average Bonchev–Trinajstić information content (AvgIpc) is 2.99. The molecule has 3 aliphatic heterocycles. The van der Waals surface area contributed by atoms with E-state index in [1.807, 2.05) is 23.1 Å². The highest BCUT2D eigenvalue weighted by atomic mass is 35.5. The van der Waals surface area contributed by atoms with Gasteiger partial charge in [0.1, 0.15) is 24.1 Å². The standard InChI is InChI=1S/C29H35Cl2N3O9/c30-22-18(29(41)27(38)25(37)24(36)26(43-29)28(39)40)6-7-20(23(22)31)34-12-10-33(11-13-34)9-1-2-14-42-17-5-3-16-4-8-21(35)32-19(16)15-17/h3,5-7,15,24-27,36-38,41H,1-2,4,8-14H2,(H,32,35)(H,39,40)/t24-,25-,26-,27+,29-/m0/s1. The fraction of sp³-hybridized carbons (Fsp3) is 0.517. The predicted molar refractivity (Wildman–Crippen MR) is 158 cm³/mol. The van der Waals surface area contributed by atoms with Crippen LogP contribution in [0.5, 0.6) is 5.75 Å². The molecule has 0 saturated carbocycles. The number of piperazine rings is 1. The molecule has 0 spiro atoms. The number of hydrogen-bond donors (Lipinski definition) is 6. The van der Waals surface area contributed by atoms with E-state index in [1.54, 1.807) is 6.07 Å². The van der Waals surface area contributed by atoms with Crippen molar-refractivity contribution in [1.29, 1.82) is 0 Å². The topological polar surface area (TPSA) is 172 Å². The zero-order valence-electron chi connectivity index (χ0n) is 23.3. The van der Waals surface area contributed by atoms with Gasteiger partial charge in [0.15, 0.2) is 6.10 Å². The van der Waals surface area contributed by atoms with Crippen molar-refractivity contribution in [2.24, 2.45) is 0 Å². The molecule has 0 unspecified atom stereocenters. The van der Waals surface area contributed by atoms with E-state index in [0.29, 0.717) is 31.8 Å². The molecule has 5 atom stereocenters. The van der Waals surface area contributed by atoms with E-state index < -0.39 is 36.2 Å². The molecule has 0 radical (unpaired) electrons. The fourth-order valence-electron chi connectivity index (χ4n) is 5.69. The molecule has 0 aromatic heterocycles.